The maximum Gasteiger partial charge on any atom is 0.223 e. The SMILES string of the molecule is CC(C)NCc1cccnc1Oc1ccc(F)cc1Br. The average Bonchev–Trinajstić information content (AvgIpc) is 2.41. The normalized spacial score (nSPS) is 10.8. The molecule has 0 aliphatic rings. The summed E-state index contributed by atoms with van der Waals surface area (Å²) in [5.74, 6) is 0.746. The van der Waals surface area contributed by atoms with Crippen LogP contribution in [0.5, 0.6) is 11.6 Å². The Bertz CT molecular complexity index is 590. The summed E-state index contributed by atoms with van der Waals surface area (Å²) < 4.78 is 19.4. The first-order valence-corrected chi connectivity index (χ1v) is 7.15. The topological polar surface area (TPSA) is 34.2 Å². The molecular formula is C15H16BrFN2O. The highest BCUT2D eigenvalue weighted by Crippen LogP contribution is 2.30. The molecular weight excluding hydrogens is 323 g/mol. The first kappa shape index (κ1) is 14.9. The van der Waals surface area contributed by atoms with Crippen LogP contribution in [0.15, 0.2) is 41.0 Å². The molecule has 20 heavy (non-hydrogen) atoms. The van der Waals surface area contributed by atoms with Crippen molar-refractivity contribution in [3.8, 4) is 11.6 Å². The van der Waals surface area contributed by atoms with Gasteiger partial charge < -0.3 is 10.1 Å². The minimum atomic E-state index is -0.313. The Kier molecular flexibility index (Phi) is 5.09. The molecule has 0 atom stereocenters. The second kappa shape index (κ2) is 6.81. The second-order valence-corrected chi connectivity index (χ2v) is 5.53. The maximum atomic E-state index is 13.1. The van der Waals surface area contributed by atoms with E-state index in [1.165, 1.54) is 12.1 Å². The van der Waals surface area contributed by atoms with Crippen LogP contribution in [0.3, 0.4) is 0 Å². The lowest BCUT2D eigenvalue weighted by Crippen LogP contribution is -2.22. The van der Waals surface area contributed by atoms with E-state index in [0.717, 1.165) is 5.56 Å². The fourth-order valence-electron chi connectivity index (χ4n) is 1.63. The zero-order valence-electron chi connectivity index (χ0n) is 11.4. The number of nitrogens with zero attached hydrogens (tertiary/aromatic N) is 1. The van der Waals surface area contributed by atoms with Gasteiger partial charge >= 0.3 is 0 Å². The number of ether oxygens (including phenoxy) is 1. The third-order valence-electron chi connectivity index (χ3n) is 2.65. The van der Waals surface area contributed by atoms with Gasteiger partial charge in [0.1, 0.15) is 11.6 Å². The highest BCUT2D eigenvalue weighted by Gasteiger charge is 2.09. The summed E-state index contributed by atoms with van der Waals surface area (Å²) >= 11 is 3.28. The van der Waals surface area contributed by atoms with Crippen molar-refractivity contribution in [3.63, 3.8) is 0 Å². The quantitative estimate of drug-likeness (QED) is 0.883. The molecule has 3 nitrogen and oxygen atoms in total. The molecule has 1 heterocycles. The number of pyridine rings is 1. The molecule has 1 N–H and O–H groups in total. The van der Waals surface area contributed by atoms with Crippen LogP contribution in [0.2, 0.25) is 0 Å². The predicted octanol–water partition coefficient (Wildman–Crippen LogP) is 4.27. The molecule has 0 bridgehead atoms. The molecule has 0 aliphatic heterocycles. The molecule has 0 saturated carbocycles. The van der Waals surface area contributed by atoms with Gasteiger partial charge in [-0.15, -0.1) is 0 Å². The molecule has 0 spiro atoms. The average molecular weight is 339 g/mol. The maximum absolute atomic E-state index is 13.1. The summed E-state index contributed by atoms with van der Waals surface area (Å²) in [5.41, 5.74) is 0.956. The molecule has 106 valence electrons. The van der Waals surface area contributed by atoms with Crippen molar-refractivity contribution in [2.75, 3.05) is 0 Å². The van der Waals surface area contributed by atoms with E-state index in [0.29, 0.717) is 28.7 Å². The van der Waals surface area contributed by atoms with Gasteiger partial charge in [-0.1, -0.05) is 19.9 Å². The number of halogens is 2. The largest absolute Gasteiger partial charge is 0.438 e. The minimum Gasteiger partial charge on any atom is -0.438 e. The molecule has 0 radical (unpaired) electrons. The van der Waals surface area contributed by atoms with E-state index in [9.17, 15) is 4.39 Å². The molecule has 5 heteroatoms. The Hall–Kier alpha value is -1.46. The van der Waals surface area contributed by atoms with Crippen molar-refractivity contribution < 1.29 is 9.13 Å². The fourth-order valence-corrected chi connectivity index (χ4v) is 2.06. The molecule has 2 aromatic rings. The summed E-state index contributed by atoms with van der Waals surface area (Å²) in [5, 5.41) is 3.32. The third kappa shape index (κ3) is 4.02. The van der Waals surface area contributed by atoms with E-state index < -0.39 is 0 Å². The number of hydrogen-bond donors (Lipinski definition) is 1. The first-order valence-electron chi connectivity index (χ1n) is 6.36. The van der Waals surface area contributed by atoms with Gasteiger partial charge in [-0.05, 0) is 40.2 Å². The molecule has 1 aromatic heterocycles. The monoisotopic (exact) mass is 338 g/mol. The van der Waals surface area contributed by atoms with Crippen molar-refractivity contribution in [1.82, 2.24) is 10.3 Å². The van der Waals surface area contributed by atoms with Crippen LogP contribution in [0.1, 0.15) is 19.4 Å². The van der Waals surface area contributed by atoms with Gasteiger partial charge in [-0.25, -0.2) is 9.37 Å². The summed E-state index contributed by atoms with van der Waals surface area (Å²) in [6, 6.07) is 8.49. The van der Waals surface area contributed by atoms with Crippen LogP contribution in [0, 0.1) is 5.82 Å². The first-order chi connectivity index (χ1) is 9.56. The Labute approximate surface area is 126 Å². The molecule has 0 amide bonds. The smallest absolute Gasteiger partial charge is 0.223 e. The van der Waals surface area contributed by atoms with Crippen LogP contribution >= 0.6 is 15.9 Å². The van der Waals surface area contributed by atoms with E-state index in [1.54, 1.807) is 12.3 Å². The molecule has 2 rings (SSSR count). The van der Waals surface area contributed by atoms with E-state index in [-0.39, 0.29) is 5.82 Å². The van der Waals surface area contributed by atoms with Crippen LogP contribution in [0.25, 0.3) is 0 Å². The standard InChI is InChI=1S/C15H16BrFN2O/c1-10(2)19-9-11-4-3-7-18-15(11)20-14-6-5-12(17)8-13(14)16/h3-8,10,19H,9H2,1-2H3. The van der Waals surface area contributed by atoms with Gasteiger partial charge in [-0.2, -0.15) is 0 Å². The number of aromatic nitrogens is 1. The van der Waals surface area contributed by atoms with Crippen LogP contribution in [0.4, 0.5) is 4.39 Å². The van der Waals surface area contributed by atoms with E-state index in [4.69, 9.17) is 4.74 Å². The van der Waals surface area contributed by atoms with Crippen molar-refractivity contribution in [1.29, 1.82) is 0 Å². The van der Waals surface area contributed by atoms with Crippen molar-refractivity contribution in [3.05, 3.63) is 52.4 Å². The highest BCUT2D eigenvalue weighted by molar-refractivity contribution is 9.10. The lowest BCUT2D eigenvalue weighted by Gasteiger charge is -2.13. The van der Waals surface area contributed by atoms with Gasteiger partial charge in [0.25, 0.3) is 0 Å². The summed E-state index contributed by atoms with van der Waals surface area (Å²) in [4.78, 5) is 4.24. The fraction of sp³-hybridized carbons (Fsp3) is 0.267. The van der Waals surface area contributed by atoms with Crippen LogP contribution < -0.4 is 10.1 Å². The predicted molar refractivity (Wildman–Crippen MR) is 80.4 cm³/mol. The Morgan fingerprint density at radius 2 is 2.15 bits per heavy atom. The second-order valence-electron chi connectivity index (χ2n) is 4.68. The Morgan fingerprint density at radius 1 is 1.35 bits per heavy atom. The number of nitrogens with one attached hydrogen (secondary N) is 1. The number of rotatable bonds is 5. The Morgan fingerprint density at radius 3 is 2.85 bits per heavy atom. The van der Waals surface area contributed by atoms with Crippen molar-refractivity contribution in [2.45, 2.75) is 26.4 Å². The van der Waals surface area contributed by atoms with Crippen LogP contribution in [-0.2, 0) is 6.54 Å². The lowest BCUT2D eigenvalue weighted by atomic mass is 10.2. The summed E-state index contributed by atoms with van der Waals surface area (Å²) in [6.07, 6.45) is 1.67. The van der Waals surface area contributed by atoms with Gasteiger partial charge in [0.2, 0.25) is 5.88 Å². The van der Waals surface area contributed by atoms with Gasteiger partial charge in [-0.3, -0.25) is 0 Å². The number of hydrogen-bond acceptors (Lipinski definition) is 3. The van der Waals surface area contributed by atoms with Gasteiger partial charge in [0, 0.05) is 24.3 Å². The van der Waals surface area contributed by atoms with Crippen molar-refractivity contribution >= 4 is 15.9 Å². The van der Waals surface area contributed by atoms with Crippen molar-refractivity contribution in [2.24, 2.45) is 0 Å². The van der Waals surface area contributed by atoms with Gasteiger partial charge in [0.15, 0.2) is 0 Å². The highest BCUT2D eigenvalue weighted by atomic mass is 79.9. The minimum absolute atomic E-state index is 0.313. The molecule has 0 saturated heterocycles. The van der Waals surface area contributed by atoms with E-state index in [1.807, 2.05) is 12.1 Å². The molecule has 1 aromatic carbocycles. The van der Waals surface area contributed by atoms with E-state index in [2.05, 4.69) is 40.1 Å². The zero-order chi connectivity index (χ0) is 14.5. The molecule has 0 aliphatic carbocycles. The summed E-state index contributed by atoms with van der Waals surface area (Å²) in [7, 11) is 0. The molecule has 0 fully saturated rings. The number of benzene rings is 1. The Balaban J connectivity index is 2.20. The van der Waals surface area contributed by atoms with Gasteiger partial charge in [0.05, 0.1) is 4.47 Å². The van der Waals surface area contributed by atoms with Crippen LogP contribution in [-0.4, -0.2) is 11.0 Å². The summed E-state index contributed by atoms with van der Waals surface area (Å²) in [6.45, 7) is 4.82. The zero-order valence-corrected chi connectivity index (χ0v) is 12.9. The third-order valence-corrected chi connectivity index (χ3v) is 3.27. The molecule has 0 unspecified atom stereocenters. The van der Waals surface area contributed by atoms with E-state index >= 15 is 0 Å². The lowest BCUT2D eigenvalue weighted by molar-refractivity contribution is 0.446.